The Labute approximate surface area is 231 Å². The van der Waals surface area contributed by atoms with Gasteiger partial charge in [-0.05, 0) is 69.7 Å². The number of carbonyl (C=O) groups is 3. The molecule has 0 aliphatic heterocycles. The van der Waals surface area contributed by atoms with E-state index in [0.29, 0.717) is 28.4 Å². The van der Waals surface area contributed by atoms with Gasteiger partial charge < -0.3 is 29.6 Å². The Morgan fingerprint density at radius 1 is 1.00 bits per heavy atom. The van der Waals surface area contributed by atoms with Crippen LogP contribution < -0.4 is 20.1 Å². The molecule has 2 amide bonds. The zero-order valence-corrected chi connectivity index (χ0v) is 23.2. The summed E-state index contributed by atoms with van der Waals surface area (Å²) in [7, 11) is 4.19. The number of halogens is 1. The summed E-state index contributed by atoms with van der Waals surface area (Å²) in [4.78, 5) is 37.7. The minimum Gasteiger partial charge on any atom is -0.496 e. The molecule has 1 heterocycles. The third-order valence-electron chi connectivity index (χ3n) is 5.59. The minimum absolute atomic E-state index is 0.0304. The lowest BCUT2D eigenvalue weighted by atomic mass is 10.1. The van der Waals surface area contributed by atoms with Crippen LogP contribution in [-0.4, -0.2) is 67.3 Å². The molecule has 2 N–H and O–H groups in total. The van der Waals surface area contributed by atoms with Crippen LogP contribution in [-0.2, 0) is 14.3 Å². The number of methoxy groups -OCH3 is 3. The summed E-state index contributed by atoms with van der Waals surface area (Å²) in [5.74, 6) is -0.913. The molecule has 1 atom stereocenters. The Bertz CT molecular complexity index is 1330. The predicted molar refractivity (Wildman–Crippen MR) is 144 cm³/mol. The topological polar surface area (TPSA) is 130 Å². The van der Waals surface area contributed by atoms with Crippen LogP contribution in [0.1, 0.15) is 37.7 Å². The first-order chi connectivity index (χ1) is 19.0. The lowest BCUT2D eigenvalue weighted by Gasteiger charge is -2.20. The number of nitrogens with one attached hydrogen (secondary N) is 2. The molecule has 0 fully saturated rings. The van der Waals surface area contributed by atoms with Gasteiger partial charge in [0.2, 0.25) is 0 Å². The highest BCUT2D eigenvalue weighted by molar-refractivity contribution is 5.96. The SMILES string of the molecule is COC(=O)[C@@H](CCNC(=O)OC(C)(C)C)NC(=O)c1cc(-c2c(OC)cccc2OC)n(-c2ccc(F)cc2)n1. The van der Waals surface area contributed by atoms with Crippen LogP contribution >= 0.6 is 0 Å². The second-order valence-electron chi connectivity index (χ2n) is 9.61. The number of ether oxygens (including phenoxy) is 4. The van der Waals surface area contributed by atoms with Crippen molar-refractivity contribution in [2.75, 3.05) is 27.9 Å². The van der Waals surface area contributed by atoms with Crippen LogP contribution in [0, 0.1) is 5.82 Å². The number of nitrogens with zero attached hydrogens (tertiary/aromatic N) is 2. The monoisotopic (exact) mass is 556 g/mol. The summed E-state index contributed by atoms with van der Waals surface area (Å²) in [5.41, 5.74) is 0.670. The average Bonchev–Trinajstić information content (AvgIpc) is 3.36. The summed E-state index contributed by atoms with van der Waals surface area (Å²) in [5, 5.41) is 9.61. The summed E-state index contributed by atoms with van der Waals surface area (Å²) in [6, 6.07) is 11.2. The maximum Gasteiger partial charge on any atom is 0.407 e. The van der Waals surface area contributed by atoms with Gasteiger partial charge in [0.05, 0.1) is 38.3 Å². The van der Waals surface area contributed by atoms with Gasteiger partial charge in [-0.15, -0.1) is 0 Å². The highest BCUT2D eigenvalue weighted by atomic mass is 19.1. The van der Waals surface area contributed by atoms with E-state index in [1.807, 2.05) is 0 Å². The molecule has 0 bridgehead atoms. The number of hydrogen-bond donors (Lipinski definition) is 2. The molecule has 214 valence electrons. The second kappa shape index (κ2) is 13.0. The number of carbonyl (C=O) groups excluding carboxylic acids is 3. The molecule has 0 saturated heterocycles. The van der Waals surface area contributed by atoms with Crippen LogP contribution in [0.15, 0.2) is 48.5 Å². The van der Waals surface area contributed by atoms with E-state index < -0.39 is 35.4 Å². The van der Waals surface area contributed by atoms with E-state index in [-0.39, 0.29) is 18.7 Å². The van der Waals surface area contributed by atoms with Crippen molar-refractivity contribution in [2.45, 2.75) is 38.8 Å². The standard InChI is InChI=1S/C28H33FN4O7/c1-28(2,3)40-27(36)30-15-14-19(26(35)39-6)31-25(34)20-16-21(24-22(37-4)8-7-9-23(24)38-5)33(32-20)18-12-10-17(29)11-13-18/h7-13,16,19H,14-15H2,1-6H3,(H,30,36)(H,31,34)/t19-/m1/s1. The van der Waals surface area contributed by atoms with Crippen molar-refractivity contribution >= 4 is 18.0 Å². The number of alkyl carbamates (subject to hydrolysis) is 1. The van der Waals surface area contributed by atoms with Crippen LogP contribution in [0.4, 0.5) is 9.18 Å². The Kier molecular flexibility index (Phi) is 9.70. The molecule has 0 aliphatic carbocycles. The quantitative estimate of drug-likeness (QED) is 0.360. The summed E-state index contributed by atoms with van der Waals surface area (Å²) >= 11 is 0. The molecular formula is C28H33FN4O7. The first-order valence-corrected chi connectivity index (χ1v) is 12.4. The van der Waals surface area contributed by atoms with Gasteiger partial charge in [0, 0.05) is 6.54 Å². The van der Waals surface area contributed by atoms with Crippen molar-refractivity contribution in [1.29, 1.82) is 0 Å². The van der Waals surface area contributed by atoms with Gasteiger partial charge in [0.1, 0.15) is 29.0 Å². The molecule has 2 aromatic carbocycles. The van der Waals surface area contributed by atoms with E-state index in [9.17, 15) is 18.8 Å². The minimum atomic E-state index is -1.09. The molecule has 11 nitrogen and oxygen atoms in total. The predicted octanol–water partition coefficient (Wildman–Crippen LogP) is 3.88. The molecule has 0 saturated carbocycles. The van der Waals surface area contributed by atoms with E-state index in [0.717, 1.165) is 0 Å². The number of amides is 2. The van der Waals surface area contributed by atoms with Gasteiger partial charge in [-0.25, -0.2) is 18.7 Å². The Morgan fingerprint density at radius 2 is 1.62 bits per heavy atom. The Hall–Kier alpha value is -4.61. The smallest absolute Gasteiger partial charge is 0.407 e. The Morgan fingerprint density at radius 3 is 2.17 bits per heavy atom. The summed E-state index contributed by atoms with van der Waals surface area (Å²) in [6.45, 7) is 5.21. The maximum absolute atomic E-state index is 13.7. The van der Waals surface area contributed by atoms with Crippen molar-refractivity contribution in [3.05, 3.63) is 60.0 Å². The molecule has 1 aromatic heterocycles. The first kappa shape index (κ1) is 29.9. The number of hydrogen-bond acceptors (Lipinski definition) is 8. The van der Waals surface area contributed by atoms with E-state index >= 15 is 0 Å². The first-order valence-electron chi connectivity index (χ1n) is 12.4. The van der Waals surface area contributed by atoms with Gasteiger partial charge in [0.15, 0.2) is 5.69 Å². The highest BCUT2D eigenvalue weighted by Gasteiger charge is 2.27. The molecule has 3 rings (SSSR count). The molecule has 0 unspecified atom stereocenters. The zero-order chi connectivity index (χ0) is 29.4. The number of rotatable bonds is 10. The fourth-order valence-corrected chi connectivity index (χ4v) is 3.81. The van der Waals surface area contributed by atoms with Crippen LogP contribution in [0.2, 0.25) is 0 Å². The number of aromatic nitrogens is 2. The van der Waals surface area contributed by atoms with Crippen molar-refractivity contribution in [3.63, 3.8) is 0 Å². The third kappa shape index (κ3) is 7.49. The van der Waals surface area contributed by atoms with Gasteiger partial charge in [0.25, 0.3) is 5.91 Å². The lowest BCUT2D eigenvalue weighted by molar-refractivity contribution is -0.143. The van der Waals surface area contributed by atoms with E-state index in [2.05, 4.69) is 15.7 Å². The summed E-state index contributed by atoms with van der Waals surface area (Å²) in [6.07, 6.45) is -0.625. The van der Waals surface area contributed by atoms with E-state index in [4.69, 9.17) is 18.9 Å². The molecular weight excluding hydrogens is 523 g/mol. The van der Waals surface area contributed by atoms with Crippen molar-refractivity contribution < 1.29 is 37.7 Å². The van der Waals surface area contributed by atoms with E-state index in [1.165, 1.54) is 56.3 Å². The Balaban J connectivity index is 1.94. The summed E-state index contributed by atoms with van der Waals surface area (Å²) < 4.78 is 36.2. The van der Waals surface area contributed by atoms with Crippen LogP contribution in [0.25, 0.3) is 16.9 Å². The van der Waals surface area contributed by atoms with Gasteiger partial charge in [-0.1, -0.05) is 6.07 Å². The fraction of sp³-hybridized carbons (Fsp3) is 0.357. The molecule has 0 radical (unpaired) electrons. The zero-order valence-electron chi connectivity index (χ0n) is 23.2. The number of benzene rings is 2. The molecule has 40 heavy (non-hydrogen) atoms. The fourth-order valence-electron chi connectivity index (χ4n) is 3.81. The van der Waals surface area contributed by atoms with Gasteiger partial charge in [-0.2, -0.15) is 5.10 Å². The normalized spacial score (nSPS) is 11.8. The van der Waals surface area contributed by atoms with Gasteiger partial charge >= 0.3 is 12.1 Å². The molecule has 3 aromatic rings. The van der Waals surface area contributed by atoms with Crippen LogP contribution in [0.3, 0.4) is 0 Å². The van der Waals surface area contributed by atoms with Crippen molar-refractivity contribution in [1.82, 2.24) is 20.4 Å². The van der Waals surface area contributed by atoms with Gasteiger partial charge in [-0.3, -0.25) is 4.79 Å². The van der Waals surface area contributed by atoms with Crippen molar-refractivity contribution in [2.24, 2.45) is 0 Å². The average molecular weight is 557 g/mol. The van der Waals surface area contributed by atoms with E-state index in [1.54, 1.807) is 39.0 Å². The third-order valence-corrected chi connectivity index (χ3v) is 5.59. The second-order valence-corrected chi connectivity index (χ2v) is 9.61. The molecule has 12 heteroatoms. The van der Waals surface area contributed by atoms with Crippen LogP contribution in [0.5, 0.6) is 11.5 Å². The highest BCUT2D eigenvalue weighted by Crippen LogP contribution is 2.39. The maximum atomic E-state index is 13.7. The number of esters is 1. The molecule has 0 aliphatic rings. The van der Waals surface area contributed by atoms with Crippen molar-refractivity contribution in [3.8, 4) is 28.4 Å². The lowest BCUT2D eigenvalue weighted by Crippen LogP contribution is -2.44. The molecule has 0 spiro atoms. The largest absolute Gasteiger partial charge is 0.496 e.